The highest BCUT2D eigenvalue weighted by molar-refractivity contribution is 5.84. The van der Waals surface area contributed by atoms with Crippen LogP contribution in [0.3, 0.4) is 0 Å². The third-order valence-electron chi connectivity index (χ3n) is 4.14. The van der Waals surface area contributed by atoms with E-state index in [0.717, 1.165) is 19.3 Å². The Labute approximate surface area is 108 Å². The lowest BCUT2D eigenvalue weighted by Crippen LogP contribution is -2.38. The minimum atomic E-state index is -0.952. The number of carboxylic acid groups (broad SMARTS) is 1. The van der Waals surface area contributed by atoms with Gasteiger partial charge in [-0.15, -0.1) is 0 Å². The smallest absolute Gasteiger partial charge is 0.307 e. The Bertz CT molecular complexity index is 305. The second kappa shape index (κ2) is 6.73. The van der Waals surface area contributed by atoms with E-state index in [9.17, 15) is 14.7 Å². The van der Waals surface area contributed by atoms with Gasteiger partial charge in [0.25, 0.3) is 0 Å². The lowest BCUT2D eigenvalue weighted by atomic mass is 9.94. The molecule has 0 aromatic heterocycles. The molecule has 1 aliphatic rings. The fourth-order valence-electron chi connectivity index (χ4n) is 2.46. The molecule has 5 heteroatoms. The molecule has 0 aromatic carbocycles. The van der Waals surface area contributed by atoms with Crippen LogP contribution in [-0.2, 0) is 9.59 Å². The number of rotatable bonds is 6. The first-order valence-corrected chi connectivity index (χ1v) is 6.58. The van der Waals surface area contributed by atoms with Crippen molar-refractivity contribution in [2.75, 3.05) is 13.2 Å². The van der Waals surface area contributed by atoms with E-state index in [1.165, 1.54) is 0 Å². The van der Waals surface area contributed by atoms with Crippen LogP contribution < -0.4 is 5.32 Å². The molecule has 3 N–H and O–H groups in total. The summed E-state index contributed by atoms with van der Waals surface area (Å²) in [4.78, 5) is 22.6. The van der Waals surface area contributed by atoms with Crippen LogP contribution in [0.1, 0.15) is 33.1 Å². The van der Waals surface area contributed by atoms with Crippen molar-refractivity contribution in [2.45, 2.75) is 33.1 Å². The second-order valence-corrected chi connectivity index (χ2v) is 5.29. The van der Waals surface area contributed by atoms with E-state index < -0.39 is 17.8 Å². The van der Waals surface area contributed by atoms with Crippen LogP contribution in [0.4, 0.5) is 0 Å². The number of carbonyl (C=O) groups is 2. The van der Waals surface area contributed by atoms with Gasteiger partial charge in [-0.1, -0.05) is 20.3 Å². The lowest BCUT2D eigenvalue weighted by Gasteiger charge is -2.20. The van der Waals surface area contributed by atoms with E-state index in [2.05, 4.69) is 5.32 Å². The Hall–Kier alpha value is -1.10. The lowest BCUT2D eigenvalue weighted by molar-refractivity contribution is -0.146. The number of aliphatic carboxylic acids is 1. The van der Waals surface area contributed by atoms with Crippen molar-refractivity contribution in [3.8, 4) is 0 Å². The van der Waals surface area contributed by atoms with E-state index in [0.29, 0.717) is 12.5 Å². The van der Waals surface area contributed by atoms with Crippen molar-refractivity contribution < 1.29 is 19.8 Å². The molecule has 104 valence electrons. The molecule has 0 saturated heterocycles. The highest BCUT2D eigenvalue weighted by Crippen LogP contribution is 2.30. The molecule has 5 nitrogen and oxygen atoms in total. The third-order valence-corrected chi connectivity index (χ3v) is 4.14. The minimum Gasteiger partial charge on any atom is -0.481 e. The molecule has 0 radical (unpaired) electrons. The number of nitrogens with one attached hydrogen (secondary N) is 1. The molecule has 0 aliphatic heterocycles. The molecular weight excluding hydrogens is 234 g/mol. The molecule has 1 rings (SSSR count). The van der Waals surface area contributed by atoms with Crippen molar-refractivity contribution >= 4 is 11.9 Å². The van der Waals surface area contributed by atoms with Gasteiger partial charge in [0.1, 0.15) is 0 Å². The molecule has 0 bridgehead atoms. The maximum absolute atomic E-state index is 11.8. The van der Waals surface area contributed by atoms with Crippen LogP contribution >= 0.6 is 0 Å². The summed E-state index contributed by atoms with van der Waals surface area (Å²) in [5, 5.41) is 20.8. The van der Waals surface area contributed by atoms with Crippen LogP contribution in [0.5, 0.6) is 0 Å². The zero-order valence-corrected chi connectivity index (χ0v) is 11.1. The standard InChI is InChI=1S/C13H23NO4/c1-8(9(2)13(17)18)12(16)14-6-10-4-3-5-11(10)7-15/h8-11,15H,3-7H2,1-2H3,(H,14,16)(H,17,18). The average Bonchev–Trinajstić information content (AvgIpc) is 2.81. The van der Waals surface area contributed by atoms with E-state index in [-0.39, 0.29) is 18.4 Å². The van der Waals surface area contributed by atoms with E-state index in [4.69, 9.17) is 5.11 Å². The number of aliphatic hydroxyl groups is 1. The summed E-state index contributed by atoms with van der Waals surface area (Å²) in [5.74, 6) is -1.78. The topological polar surface area (TPSA) is 86.6 Å². The van der Waals surface area contributed by atoms with Crippen molar-refractivity contribution in [2.24, 2.45) is 23.7 Å². The van der Waals surface area contributed by atoms with Crippen molar-refractivity contribution in [3.63, 3.8) is 0 Å². The maximum atomic E-state index is 11.8. The van der Waals surface area contributed by atoms with Gasteiger partial charge in [-0.2, -0.15) is 0 Å². The Kier molecular flexibility index (Phi) is 5.59. The van der Waals surface area contributed by atoms with Gasteiger partial charge in [0.15, 0.2) is 0 Å². The third kappa shape index (κ3) is 3.70. The average molecular weight is 257 g/mol. The predicted molar refractivity (Wildman–Crippen MR) is 66.9 cm³/mol. The van der Waals surface area contributed by atoms with Gasteiger partial charge >= 0.3 is 5.97 Å². The quantitative estimate of drug-likeness (QED) is 0.659. The summed E-state index contributed by atoms with van der Waals surface area (Å²) in [6, 6.07) is 0. The monoisotopic (exact) mass is 257 g/mol. The molecule has 1 aliphatic carbocycles. The Morgan fingerprint density at radius 1 is 1.22 bits per heavy atom. The van der Waals surface area contributed by atoms with Gasteiger partial charge in [0, 0.05) is 19.1 Å². The number of aliphatic hydroxyl groups excluding tert-OH is 1. The first-order chi connectivity index (χ1) is 8.47. The fourth-order valence-corrected chi connectivity index (χ4v) is 2.46. The normalized spacial score (nSPS) is 26.6. The molecule has 0 heterocycles. The molecule has 18 heavy (non-hydrogen) atoms. The zero-order chi connectivity index (χ0) is 13.7. The first-order valence-electron chi connectivity index (χ1n) is 6.58. The molecule has 0 spiro atoms. The fraction of sp³-hybridized carbons (Fsp3) is 0.846. The maximum Gasteiger partial charge on any atom is 0.307 e. The highest BCUT2D eigenvalue weighted by atomic mass is 16.4. The Morgan fingerprint density at radius 3 is 2.39 bits per heavy atom. The van der Waals surface area contributed by atoms with Gasteiger partial charge in [-0.25, -0.2) is 0 Å². The van der Waals surface area contributed by atoms with Gasteiger partial charge < -0.3 is 15.5 Å². The van der Waals surface area contributed by atoms with Gasteiger partial charge in [-0.05, 0) is 24.7 Å². The highest BCUT2D eigenvalue weighted by Gasteiger charge is 2.29. The van der Waals surface area contributed by atoms with Crippen molar-refractivity contribution in [1.29, 1.82) is 0 Å². The summed E-state index contributed by atoms with van der Waals surface area (Å²) in [5.41, 5.74) is 0. The van der Waals surface area contributed by atoms with Gasteiger partial charge in [0.2, 0.25) is 5.91 Å². The number of hydrogen-bond donors (Lipinski definition) is 3. The number of carboxylic acids is 1. The first kappa shape index (κ1) is 15.0. The Balaban J connectivity index is 2.38. The summed E-state index contributed by atoms with van der Waals surface area (Å²) in [6.07, 6.45) is 3.12. The molecule has 0 aromatic rings. The summed E-state index contributed by atoms with van der Waals surface area (Å²) in [7, 11) is 0. The van der Waals surface area contributed by atoms with E-state index >= 15 is 0 Å². The molecular formula is C13H23NO4. The van der Waals surface area contributed by atoms with E-state index in [1.54, 1.807) is 13.8 Å². The predicted octanol–water partition coefficient (Wildman–Crippen LogP) is 0.868. The number of carbonyl (C=O) groups excluding carboxylic acids is 1. The molecule has 4 atom stereocenters. The summed E-state index contributed by atoms with van der Waals surface area (Å²) in [6.45, 7) is 3.88. The zero-order valence-electron chi connectivity index (χ0n) is 11.1. The number of hydrogen-bond acceptors (Lipinski definition) is 3. The van der Waals surface area contributed by atoms with Crippen LogP contribution in [0.15, 0.2) is 0 Å². The molecule has 1 amide bonds. The molecule has 1 saturated carbocycles. The summed E-state index contributed by atoms with van der Waals surface area (Å²) < 4.78 is 0. The Morgan fingerprint density at radius 2 is 1.83 bits per heavy atom. The number of amides is 1. The van der Waals surface area contributed by atoms with Crippen molar-refractivity contribution in [3.05, 3.63) is 0 Å². The van der Waals surface area contributed by atoms with Crippen LogP contribution in [-0.4, -0.2) is 35.2 Å². The van der Waals surface area contributed by atoms with Crippen LogP contribution in [0.25, 0.3) is 0 Å². The SMILES string of the molecule is CC(C(=O)O)C(C)C(=O)NCC1CCCC1CO. The molecule has 1 fully saturated rings. The van der Waals surface area contributed by atoms with Crippen LogP contribution in [0.2, 0.25) is 0 Å². The van der Waals surface area contributed by atoms with E-state index in [1.807, 2.05) is 0 Å². The molecule has 4 unspecified atom stereocenters. The van der Waals surface area contributed by atoms with Crippen LogP contribution in [0, 0.1) is 23.7 Å². The second-order valence-electron chi connectivity index (χ2n) is 5.29. The van der Waals surface area contributed by atoms with Gasteiger partial charge in [-0.3, -0.25) is 9.59 Å². The van der Waals surface area contributed by atoms with Crippen molar-refractivity contribution in [1.82, 2.24) is 5.32 Å². The summed E-state index contributed by atoms with van der Waals surface area (Å²) >= 11 is 0. The largest absolute Gasteiger partial charge is 0.481 e. The van der Waals surface area contributed by atoms with Gasteiger partial charge in [0.05, 0.1) is 5.92 Å². The minimum absolute atomic E-state index is 0.168.